The summed E-state index contributed by atoms with van der Waals surface area (Å²) in [5.74, 6) is -2.01. The molecule has 0 saturated heterocycles. The lowest BCUT2D eigenvalue weighted by atomic mass is 10.2. The molecular formula is C14H9F3O2. The number of ether oxygens (including phenoxy) is 1. The molecule has 0 aliphatic carbocycles. The van der Waals surface area contributed by atoms with Gasteiger partial charge in [0.05, 0.1) is 5.56 Å². The number of benzene rings is 2. The number of hydrogen-bond acceptors (Lipinski definition) is 2. The molecule has 0 fully saturated rings. The van der Waals surface area contributed by atoms with Gasteiger partial charge < -0.3 is 4.74 Å². The number of aldehydes is 1. The molecule has 5 heteroatoms. The van der Waals surface area contributed by atoms with Gasteiger partial charge in [-0.3, -0.25) is 4.79 Å². The zero-order chi connectivity index (χ0) is 13.8. The van der Waals surface area contributed by atoms with Crippen LogP contribution in [0.3, 0.4) is 0 Å². The van der Waals surface area contributed by atoms with Crippen LogP contribution in [0.4, 0.5) is 13.2 Å². The van der Waals surface area contributed by atoms with E-state index < -0.39 is 17.5 Å². The van der Waals surface area contributed by atoms with Crippen LogP contribution in [0.1, 0.15) is 15.9 Å². The highest BCUT2D eigenvalue weighted by atomic mass is 19.1. The monoisotopic (exact) mass is 266 g/mol. The number of carbonyl (C=O) groups is 1. The van der Waals surface area contributed by atoms with Gasteiger partial charge in [0.2, 0.25) is 0 Å². The highest BCUT2D eigenvalue weighted by molar-refractivity contribution is 5.79. The maximum Gasteiger partial charge on any atom is 0.153 e. The molecule has 0 amide bonds. The van der Waals surface area contributed by atoms with Crippen molar-refractivity contribution in [3.8, 4) is 5.75 Å². The van der Waals surface area contributed by atoms with Crippen molar-refractivity contribution in [2.24, 2.45) is 0 Å². The normalized spacial score (nSPS) is 10.3. The van der Waals surface area contributed by atoms with Gasteiger partial charge in [0.1, 0.15) is 29.8 Å². The Morgan fingerprint density at radius 3 is 2.37 bits per heavy atom. The van der Waals surface area contributed by atoms with Crippen LogP contribution in [-0.4, -0.2) is 6.29 Å². The molecule has 0 aliphatic rings. The minimum absolute atomic E-state index is 0.0127. The predicted molar refractivity (Wildman–Crippen MR) is 62.5 cm³/mol. The fourth-order valence-electron chi connectivity index (χ4n) is 1.52. The van der Waals surface area contributed by atoms with Gasteiger partial charge >= 0.3 is 0 Å². The Bertz CT molecular complexity index is 612. The van der Waals surface area contributed by atoms with E-state index in [1.165, 1.54) is 12.1 Å². The molecule has 2 aromatic rings. The molecule has 0 N–H and O–H groups in total. The molecule has 98 valence electrons. The zero-order valence-corrected chi connectivity index (χ0v) is 9.70. The van der Waals surface area contributed by atoms with Gasteiger partial charge in [-0.05, 0) is 24.3 Å². The molecule has 0 radical (unpaired) electrons. The Balaban J connectivity index is 2.18. The lowest BCUT2D eigenvalue weighted by molar-refractivity contribution is 0.111. The first-order chi connectivity index (χ1) is 9.10. The topological polar surface area (TPSA) is 26.3 Å². The highest BCUT2D eigenvalue weighted by Gasteiger charge is 2.08. The first-order valence-electron chi connectivity index (χ1n) is 5.41. The van der Waals surface area contributed by atoms with Crippen LogP contribution in [0.5, 0.6) is 5.75 Å². The molecule has 0 spiro atoms. The number of halogens is 3. The largest absolute Gasteiger partial charge is 0.488 e. The molecule has 2 nitrogen and oxygen atoms in total. The van der Waals surface area contributed by atoms with Crippen molar-refractivity contribution in [2.75, 3.05) is 0 Å². The third kappa shape index (κ3) is 3.13. The Hall–Kier alpha value is -2.30. The van der Waals surface area contributed by atoms with Crippen molar-refractivity contribution in [2.45, 2.75) is 6.61 Å². The van der Waals surface area contributed by atoms with Crippen molar-refractivity contribution in [3.05, 3.63) is 65.0 Å². The molecule has 0 aliphatic heterocycles. The number of rotatable bonds is 4. The Labute approximate surface area is 107 Å². The molecular weight excluding hydrogens is 257 g/mol. The van der Waals surface area contributed by atoms with E-state index in [1.54, 1.807) is 0 Å². The van der Waals surface area contributed by atoms with Crippen LogP contribution in [0, 0.1) is 17.5 Å². The van der Waals surface area contributed by atoms with Gasteiger partial charge in [0, 0.05) is 17.7 Å². The van der Waals surface area contributed by atoms with Crippen molar-refractivity contribution in [1.82, 2.24) is 0 Å². The van der Waals surface area contributed by atoms with E-state index in [-0.39, 0.29) is 23.5 Å². The standard InChI is InChI=1S/C14H9F3O2/c15-11-4-2-10(13(17)5-11)8-19-14-6-12(16)3-1-9(14)7-18/h1-7H,8H2. The average Bonchev–Trinajstić information content (AvgIpc) is 2.38. The average molecular weight is 266 g/mol. The fraction of sp³-hybridized carbons (Fsp3) is 0.0714. The summed E-state index contributed by atoms with van der Waals surface area (Å²) in [5, 5.41) is 0. The molecule has 0 bridgehead atoms. The lowest BCUT2D eigenvalue weighted by Crippen LogP contribution is -2.01. The highest BCUT2D eigenvalue weighted by Crippen LogP contribution is 2.20. The van der Waals surface area contributed by atoms with Crippen molar-refractivity contribution in [1.29, 1.82) is 0 Å². The van der Waals surface area contributed by atoms with Crippen LogP contribution >= 0.6 is 0 Å². The minimum atomic E-state index is -0.760. The quantitative estimate of drug-likeness (QED) is 0.792. The van der Waals surface area contributed by atoms with Crippen molar-refractivity contribution >= 4 is 6.29 Å². The summed E-state index contributed by atoms with van der Waals surface area (Å²) < 4.78 is 44.3. The van der Waals surface area contributed by atoms with Crippen molar-refractivity contribution < 1.29 is 22.7 Å². The first kappa shape index (κ1) is 13.1. The molecule has 0 heterocycles. The summed E-state index contributed by atoms with van der Waals surface area (Å²) in [6.07, 6.45) is 0.510. The fourth-order valence-corrected chi connectivity index (χ4v) is 1.52. The third-order valence-electron chi connectivity index (χ3n) is 2.50. The molecule has 19 heavy (non-hydrogen) atoms. The molecule has 0 unspecified atom stereocenters. The van der Waals surface area contributed by atoms with E-state index in [2.05, 4.69) is 0 Å². The van der Waals surface area contributed by atoms with Crippen molar-refractivity contribution in [3.63, 3.8) is 0 Å². The summed E-state index contributed by atoms with van der Waals surface area (Å²) in [5.41, 5.74) is 0.270. The van der Waals surface area contributed by atoms with Gasteiger partial charge in [-0.1, -0.05) is 0 Å². The second-order valence-electron chi connectivity index (χ2n) is 3.82. The van der Waals surface area contributed by atoms with Crippen LogP contribution in [0.2, 0.25) is 0 Å². The summed E-state index contributed by atoms with van der Waals surface area (Å²) >= 11 is 0. The number of hydrogen-bond donors (Lipinski definition) is 0. The van der Waals surface area contributed by atoms with Crippen LogP contribution < -0.4 is 4.74 Å². The van der Waals surface area contributed by atoms with Crippen LogP contribution in [-0.2, 0) is 6.61 Å². The smallest absolute Gasteiger partial charge is 0.153 e. The Morgan fingerprint density at radius 1 is 1.00 bits per heavy atom. The molecule has 0 saturated carbocycles. The summed E-state index contributed by atoms with van der Waals surface area (Å²) in [4.78, 5) is 10.7. The van der Waals surface area contributed by atoms with E-state index in [1.807, 2.05) is 0 Å². The molecule has 2 rings (SSSR count). The predicted octanol–water partition coefficient (Wildman–Crippen LogP) is 3.50. The van der Waals surface area contributed by atoms with Gasteiger partial charge in [-0.15, -0.1) is 0 Å². The molecule has 2 aromatic carbocycles. The SMILES string of the molecule is O=Cc1ccc(F)cc1OCc1ccc(F)cc1F. The van der Waals surface area contributed by atoms with Crippen LogP contribution in [0.25, 0.3) is 0 Å². The minimum Gasteiger partial charge on any atom is -0.488 e. The maximum atomic E-state index is 13.4. The maximum absolute atomic E-state index is 13.4. The Morgan fingerprint density at radius 2 is 1.68 bits per heavy atom. The van der Waals surface area contributed by atoms with Gasteiger partial charge in [-0.2, -0.15) is 0 Å². The van der Waals surface area contributed by atoms with E-state index in [0.29, 0.717) is 6.29 Å². The molecule has 0 aromatic heterocycles. The van der Waals surface area contributed by atoms with Gasteiger partial charge in [0.15, 0.2) is 6.29 Å². The van der Waals surface area contributed by atoms with Gasteiger partial charge in [-0.25, -0.2) is 13.2 Å². The van der Waals surface area contributed by atoms with E-state index in [0.717, 1.165) is 24.3 Å². The third-order valence-corrected chi connectivity index (χ3v) is 2.50. The first-order valence-corrected chi connectivity index (χ1v) is 5.41. The Kier molecular flexibility index (Phi) is 3.85. The lowest BCUT2D eigenvalue weighted by Gasteiger charge is -2.09. The zero-order valence-electron chi connectivity index (χ0n) is 9.70. The second-order valence-corrected chi connectivity index (χ2v) is 3.82. The second kappa shape index (κ2) is 5.56. The number of carbonyl (C=O) groups excluding carboxylic acids is 1. The van der Waals surface area contributed by atoms with E-state index in [4.69, 9.17) is 4.74 Å². The summed E-state index contributed by atoms with van der Waals surface area (Å²) in [6, 6.07) is 6.46. The van der Waals surface area contributed by atoms with Crippen LogP contribution in [0.15, 0.2) is 36.4 Å². The molecule has 0 atom stereocenters. The summed E-state index contributed by atoms with van der Waals surface area (Å²) in [7, 11) is 0. The van der Waals surface area contributed by atoms with Gasteiger partial charge in [0.25, 0.3) is 0 Å². The van der Waals surface area contributed by atoms with E-state index in [9.17, 15) is 18.0 Å². The van der Waals surface area contributed by atoms with E-state index >= 15 is 0 Å². The summed E-state index contributed by atoms with van der Waals surface area (Å²) in [6.45, 7) is -0.226.